The van der Waals surface area contributed by atoms with E-state index >= 15 is 0 Å². The Kier molecular flexibility index (Phi) is 55.9. The van der Waals surface area contributed by atoms with Gasteiger partial charge in [0.1, 0.15) is 6.61 Å². The second-order valence-corrected chi connectivity index (χ2v) is 19.3. The van der Waals surface area contributed by atoms with E-state index in [1.54, 1.807) is 0 Å². The predicted octanol–water partition coefficient (Wildman–Crippen LogP) is 19.8. The summed E-state index contributed by atoms with van der Waals surface area (Å²) in [4.78, 5) is 24.5. The van der Waals surface area contributed by atoms with Gasteiger partial charge in [0.15, 0.2) is 6.10 Å². The standard InChI is InChI=1S/C63H110O5/c1-3-5-7-9-11-13-15-17-19-21-23-25-27-28-29-30-31-32-33-34-36-38-40-42-44-46-48-50-52-54-56-58-63(66)68-61(59-64)60-67-62(65)57-55-53-51-49-47-45-43-41-39-37-35-26-24-22-20-18-16-14-12-10-8-6-4-2/h5,7,11,13,17,19,22-25,28-29,31-32,61,64H,3-4,6,8-10,12,14-16,18,20-21,26-27,30,33-60H2,1-2H3/b7-5-,13-11-,19-17-,24-22-,25-23-,29-28-,32-31-. The second kappa shape index (κ2) is 58.4. The Bertz CT molecular complexity index is 1250. The minimum absolute atomic E-state index is 0.0680. The molecular formula is C63H110O5. The molecule has 0 heterocycles. The number of aliphatic hydroxyl groups is 1. The third kappa shape index (κ3) is 55.7. The molecule has 1 atom stereocenters. The molecule has 0 bridgehead atoms. The normalized spacial score (nSPS) is 12.8. The first-order valence-corrected chi connectivity index (χ1v) is 29.1. The number of carbonyl (C=O) groups is 2. The first-order chi connectivity index (χ1) is 33.6. The number of aliphatic hydroxyl groups excluding tert-OH is 1. The Morgan fingerprint density at radius 2 is 0.632 bits per heavy atom. The summed E-state index contributed by atoms with van der Waals surface area (Å²) >= 11 is 0. The lowest BCUT2D eigenvalue weighted by Crippen LogP contribution is -2.28. The summed E-state index contributed by atoms with van der Waals surface area (Å²) in [7, 11) is 0. The molecule has 0 saturated carbocycles. The van der Waals surface area contributed by atoms with Crippen molar-refractivity contribution in [2.24, 2.45) is 0 Å². The van der Waals surface area contributed by atoms with Crippen molar-refractivity contribution in [3.8, 4) is 0 Å². The predicted molar refractivity (Wildman–Crippen MR) is 297 cm³/mol. The molecule has 0 amide bonds. The van der Waals surface area contributed by atoms with Crippen molar-refractivity contribution >= 4 is 11.9 Å². The third-order valence-electron chi connectivity index (χ3n) is 12.7. The van der Waals surface area contributed by atoms with Gasteiger partial charge in [-0.15, -0.1) is 0 Å². The molecule has 5 heteroatoms. The van der Waals surface area contributed by atoms with E-state index in [0.717, 1.165) is 77.0 Å². The van der Waals surface area contributed by atoms with Crippen LogP contribution in [0, 0.1) is 0 Å². The number of carbonyl (C=O) groups excluding carboxylic acids is 2. The summed E-state index contributed by atoms with van der Waals surface area (Å²) in [5.41, 5.74) is 0. The van der Waals surface area contributed by atoms with Crippen LogP contribution in [0.1, 0.15) is 284 Å². The van der Waals surface area contributed by atoms with E-state index in [1.165, 1.54) is 180 Å². The smallest absolute Gasteiger partial charge is 0.306 e. The molecule has 0 aromatic rings. The Morgan fingerprint density at radius 1 is 0.353 bits per heavy atom. The summed E-state index contributed by atoms with van der Waals surface area (Å²) in [5, 5.41) is 9.66. The molecule has 0 aliphatic carbocycles. The Hall–Kier alpha value is -2.92. The lowest BCUT2D eigenvalue weighted by atomic mass is 10.0. The van der Waals surface area contributed by atoms with Gasteiger partial charge in [-0.1, -0.05) is 266 Å². The highest BCUT2D eigenvalue weighted by Gasteiger charge is 2.16. The van der Waals surface area contributed by atoms with Gasteiger partial charge in [-0.25, -0.2) is 0 Å². The number of rotatable bonds is 53. The first kappa shape index (κ1) is 65.1. The van der Waals surface area contributed by atoms with Crippen LogP contribution in [0.5, 0.6) is 0 Å². The van der Waals surface area contributed by atoms with Gasteiger partial charge in [-0.05, 0) is 89.9 Å². The zero-order valence-electron chi connectivity index (χ0n) is 44.9. The van der Waals surface area contributed by atoms with Crippen LogP contribution in [0.2, 0.25) is 0 Å². The molecule has 392 valence electrons. The highest BCUT2D eigenvalue weighted by molar-refractivity contribution is 5.70. The van der Waals surface area contributed by atoms with Crippen molar-refractivity contribution in [2.75, 3.05) is 13.2 Å². The van der Waals surface area contributed by atoms with E-state index in [-0.39, 0.29) is 25.2 Å². The summed E-state index contributed by atoms with van der Waals surface area (Å²) in [6, 6.07) is 0. The Balaban J connectivity index is 3.50. The maximum atomic E-state index is 12.3. The number of hydrogen-bond donors (Lipinski definition) is 1. The molecule has 0 aromatic heterocycles. The molecule has 0 saturated heterocycles. The molecule has 0 aliphatic rings. The van der Waals surface area contributed by atoms with E-state index in [1.807, 2.05) is 0 Å². The molecule has 68 heavy (non-hydrogen) atoms. The second-order valence-electron chi connectivity index (χ2n) is 19.3. The maximum Gasteiger partial charge on any atom is 0.306 e. The summed E-state index contributed by atoms with van der Waals surface area (Å²) in [6.07, 6.45) is 81.3. The topological polar surface area (TPSA) is 72.8 Å². The largest absolute Gasteiger partial charge is 0.462 e. The number of allylic oxidation sites excluding steroid dienone is 14. The fourth-order valence-corrected chi connectivity index (χ4v) is 8.32. The van der Waals surface area contributed by atoms with E-state index in [0.29, 0.717) is 12.8 Å². The van der Waals surface area contributed by atoms with Gasteiger partial charge in [0.2, 0.25) is 0 Å². The van der Waals surface area contributed by atoms with Gasteiger partial charge in [0, 0.05) is 12.8 Å². The van der Waals surface area contributed by atoms with Crippen LogP contribution in [-0.2, 0) is 19.1 Å². The summed E-state index contributed by atoms with van der Waals surface area (Å²) in [5.74, 6) is -0.587. The van der Waals surface area contributed by atoms with Crippen LogP contribution in [0.25, 0.3) is 0 Å². The quantitative estimate of drug-likeness (QED) is 0.0374. The fourth-order valence-electron chi connectivity index (χ4n) is 8.32. The average molecular weight is 948 g/mol. The molecule has 1 unspecified atom stereocenters. The van der Waals surface area contributed by atoms with Crippen LogP contribution in [0.4, 0.5) is 0 Å². The van der Waals surface area contributed by atoms with Crippen LogP contribution in [-0.4, -0.2) is 36.4 Å². The Morgan fingerprint density at radius 3 is 0.971 bits per heavy atom. The minimum atomic E-state index is -0.778. The van der Waals surface area contributed by atoms with Crippen molar-refractivity contribution in [3.05, 3.63) is 85.1 Å². The zero-order valence-corrected chi connectivity index (χ0v) is 44.9. The molecule has 0 aliphatic heterocycles. The van der Waals surface area contributed by atoms with E-state index < -0.39 is 6.10 Å². The van der Waals surface area contributed by atoms with Gasteiger partial charge in [0.05, 0.1) is 6.61 Å². The van der Waals surface area contributed by atoms with Gasteiger partial charge in [-0.3, -0.25) is 9.59 Å². The summed E-state index contributed by atoms with van der Waals surface area (Å²) in [6.45, 7) is 4.05. The number of esters is 2. The lowest BCUT2D eigenvalue weighted by molar-refractivity contribution is -0.161. The van der Waals surface area contributed by atoms with Crippen LogP contribution >= 0.6 is 0 Å². The molecule has 0 spiro atoms. The molecule has 0 radical (unpaired) electrons. The van der Waals surface area contributed by atoms with Gasteiger partial charge in [0.25, 0.3) is 0 Å². The highest BCUT2D eigenvalue weighted by atomic mass is 16.6. The maximum absolute atomic E-state index is 12.3. The first-order valence-electron chi connectivity index (χ1n) is 29.1. The monoisotopic (exact) mass is 947 g/mol. The van der Waals surface area contributed by atoms with E-state index in [9.17, 15) is 14.7 Å². The number of hydrogen-bond acceptors (Lipinski definition) is 5. The molecule has 0 rings (SSSR count). The summed E-state index contributed by atoms with van der Waals surface area (Å²) < 4.78 is 10.7. The van der Waals surface area contributed by atoms with Gasteiger partial charge >= 0.3 is 11.9 Å². The van der Waals surface area contributed by atoms with Crippen molar-refractivity contribution in [3.63, 3.8) is 0 Å². The van der Waals surface area contributed by atoms with Gasteiger partial charge in [-0.2, -0.15) is 0 Å². The van der Waals surface area contributed by atoms with Crippen LogP contribution in [0.15, 0.2) is 85.1 Å². The fraction of sp³-hybridized carbons (Fsp3) is 0.746. The van der Waals surface area contributed by atoms with Crippen molar-refractivity contribution in [2.45, 2.75) is 290 Å². The van der Waals surface area contributed by atoms with Crippen molar-refractivity contribution in [1.29, 1.82) is 0 Å². The Labute approximate surface area is 422 Å². The molecule has 1 N–H and O–H groups in total. The molecule has 0 fully saturated rings. The number of ether oxygens (including phenoxy) is 2. The molecule has 0 aromatic carbocycles. The SMILES string of the molecule is CC/C=C\C/C=C\C/C=C\C/C=C\C/C=C\C/C=C\CCCCCCCCCCCCCCC(=O)OC(CO)COC(=O)CCCCCCCCCCCCC/C=C\CCCCCCCCCC. The lowest BCUT2D eigenvalue weighted by Gasteiger charge is -2.15. The van der Waals surface area contributed by atoms with Crippen molar-refractivity contribution < 1.29 is 24.2 Å². The van der Waals surface area contributed by atoms with Gasteiger partial charge < -0.3 is 14.6 Å². The zero-order chi connectivity index (χ0) is 49.2. The minimum Gasteiger partial charge on any atom is -0.462 e. The molecule has 5 nitrogen and oxygen atoms in total. The van der Waals surface area contributed by atoms with Crippen LogP contribution < -0.4 is 0 Å². The van der Waals surface area contributed by atoms with Crippen LogP contribution in [0.3, 0.4) is 0 Å². The van der Waals surface area contributed by atoms with E-state index in [4.69, 9.17) is 9.47 Å². The average Bonchev–Trinajstić information content (AvgIpc) is 3.34. The molecular weight excluding hydrogens is 837 g/mol. The highest BCUT2D eigenvalue weighted by Crippen LogP contribution is 2.16. The number of unbranched alkanes of at least 4 members (excludes halogenated alkanes) is 31. The van der Waals surface area contributed by atoms with Crippen molar-refractivity contribution in [1.82, 2.24) is 0 Å². The third-order valence-corrected chi connectivity index (χ3v) is 12.7. The van der Waals surface area contributed by atoms with E-state index in [2.05, 4.69) is 98.9 Å².